The quantitative estimate of drug-likeness (QED) is 0.441. The van der Waals surface area contributed by atoms with E-state index in [1.807, 2.05) is 28.8 Å². The number of benzene rings is 1. The van der Waals surface area contributed by atoms with Crippen LogP contribution in [0.5, 0.6) is 0 Å². The van der Waals surface area contributed by atoms with Gasteiger partial charge in [0.25, 0.3) is 5.56 Å². The van der Waals surface area contributed by atoms with Crippen LogP contribution in [-0.4, -0.2) is 55.1 Å². The van der Waals surface area contributed by atoms with Crippen molar-refractivity contribution in [3.63, 3.8) is 0 Å². The fraction of sp³-hybridized carbons (Fsp3) is 0.724. The second-order valence-corrected chi connectivity index (χ2v) is 14.6. The van der Waals surface area contributed by atoms with E-state index < -0.39 is 7.60 Å². The number of anilines is 1. The van der Waals surface area contributed by atoms with Crippen molar-refractivity contribution in [2.45, 2.75) is 95.8 Å². The van der Waals surface area contributed by atoms with Crippen LogP contribution in [0.1, 0.15) is 77.7 Å². The predicted octanol–water partition coefficient (Wildman–Crippen LogP) is 5.00. The molecule has 0 radical (unpaired) electrons. The molecule has 2 saturated carbocycles. The zero-order valence-corrected chi connectivity index (χ0v) is 23.6. The molecule has 4 unspecified atom stereocenters. The minimum Gasteiger partial charge on any atom is -0.365 e. The molecule has 1 aromatic heterocycles. The molecule has 8 atom stereocenters. The summed E-state index contributed by atoms with van der Waals surface area (Å²) < 4.78 is 13.3. The van der Waals surface area contributed by atoms with E-state index in [2.05, 4.69) is 29.0 Å². The van der Waals surface area contributed by atoms with Crippen LogP contribution in [0.15, 0.2) is 29.1 Å². The smallest absolute Gasteiger partial charge is 0.327 e. The fourth-order valence-corrected chi connectivity index (χ4v) is 8.91. The van der Waals surface area contributed by atoms with E-state index in [9.17, 15) is 19.1 Å². The zero-order valence-electron chi connectivity index (χ0n) is 22.7. The summed E-state index contributed by atoms with van der Waals surface area (Å²) in [5.41, 5.74) is 1.41. The SMILES string of the molecule is CC1CC[C@H]2CC1C[C@H](N1C3C[C@@H](n4c(=O)c(NCCP(=O)(O)O)nc5ccccc54)C[C@H]1CCC3C)C2. The molecule has 208 valence electrons. The molecule has 2 aromatic rings. The van der Waals surface area contributed by atoms with Gasteiger partial charge in [-0.15, -0.1) is 0 Å². The first-order valence-electron chi connectivity index (χ1n) is 14.7. The molecule has 6 rings (SSSR count). The van der Waals surface area contributed by atoms with Gasteiger partial charge in [-0.1, -0.05) is 38.8 Å². The lowest BCUT2D eigenvalue weighted by molar-refractivity contribution is -0.0743. The lowest BCUT2D eigenvalue weighted by Gasteiger charge is -2.57. The molecule has 38 heavy (non-hydrogen) atoms. The van der Waals surface area contributed by atoms with Gasteiger partial charge < -0.3 is 19.7 Å². The van der Waals surface area contributed by atoms with Crippen LogP contribution in [0, 0.1) is 23.7 Å². The van der Waals surface area contributed by atoms with E-state index in [1.165, 1.54) is 44.9 Å². The molecule has 3 heterocycles. The van der Waals surface area contributed by atoms with Gasteiger partial charge >= 0.3 is 7.60 Å². The van der Waals surface area contributed by atoms with Gasteiger partial charge in [-0.05, 0) is 80.8 Å². The molecule has 1 aromatic carbocycles. The molecular weight excluding hydrogens is 499 g/mol. The Bertz CT molecular complexity index is 1280. The van der Waals surface area contributed by atoms with Gasteiger partial charge in [-0.2, -0.15) is 0 Å². The van der Waals surface area contributed by atoms with Crippen molar-refractivity contribution in [2.75, 3.05) is 18.0 Å². The van der Waals surface area contributed by atoms with E-state index >= 15 is 0 Å². The van der Waals surface area contributed by atoms with Crippen molar-refractivity contribution in [1.82, 2.24) is 14.5 Å². The number of hydrogen-bond donors (Lipinski definition) is 3. The zero-order chi connectivity index (χ0) is 26.6. The summed E-state index contributed by atoms with van der Waals surface area (Å²) in [7, 11) is -4.16. The van der Waals surface area contributed by atoms with E-state index in [0.717, 1.165) is 41.6 Å². The van der Waals surface area contributed by atoms with Crippen LogP contribution in [0.2, 0.25) is 0 Å². The van der Waals surface area contributed by atoms with E-state index in [1.54, 1.807) is 0 Å². The Hall–Kier alpha value is -1.73. The number of nitrogens with one attached hydrogen (secondary N) is 1. The van der Waals surface area contributed by atoms with Crippen molar-refractivity contribution in [3.05, 3.63) is 34.6 Å². The third-order valence-electron chi connectivity index (χ3n) is 10.4. The molecule has 2 aliphatic heterocycles. The third-order valence-corrected chi connectivity index (χ3v) is 11.2. The average molecular weight is 543 g/mol. The number of piperidine rings is 2. The number of fused-ring (bicyclic) bond motifs is 5. The maximum Gasteiger partial charge on any atom is 0.327 e. The van der Waals surface area contributed by atoms with Crippen LogP contribution < -0.4 is 10.9 Å². The molecule has 3 N–H and O–H groups in total. The third kappa shape index (κ3) is 5.10. The minimum atomic E-state index is -4.16. The van der Waals surface area contributed by atoms with Crippen LogP contribution in [0.3, 0.4) is 0 Å². The number of hydrogen-bond acceptors (Lipinski definition) is 5. The molecule has 2 aliphatic carbocycles. The van der Waals surface area contributed by atoms with E-state index in [0.29, 0.717) is 24.0 Å². The van der Waals surface area contributed by atoms with Crippen LogP contribution >= 0.6 is 7.60 Å². The Morgan fingerprint density at radius 1 is 0.947 bits per heavy atom. The van der Waals surface area contributed by atoms with Gasteiger partial charge in [0, 0.05) is 30.7 Å². The summed E-state index contributed by atoms with van der Waals surface area (Å²) in [5.74, 6) is 3.40. The number of nitrogens with zero attached hydrogens (tertiary/aromatic N) is 3. The van der Waals surface area contributed by atoms with Crippen LogP contribution in [0.4, 0.5) is 5.82 Å². The summed E-state index contributed by atoms with van der Waals surface area (Å²) in [4.78, 5) is 39.9. The Kier molecular flexibility index (Phi) is 7.21. The minimum absolute atomic E-state index is 0.00796. The highest BCUT2D eigenvalue weighted by Gasteiger charge is 2.48. The first kappa shape index (κ1) is 26.5. The van der Waals surface area contributed by atoms with Crippen molar-refractivity contribution < 1.29 is 14.4 Å². The predicted molar refractivity (Wildman–Crippen MR) is 151 cm³/mol. The molecule has 8 nitrogen and oxygen atoms in total. The maximum absolute atomic E-state index is 13.8. The van der Waals surface area contributed by atoms with Crippen LogP contribution in [0.25, 0.3) is 11.0 Å². The number of aromatic nitrogens is 2. The summed E-state index contributed by atoms with van der Waals surface area (Å²) in [6, 6.07) is 9.53. The van der Waals surface area contributed by atoms with Gasteiger partial charge in [0.15, 0.2) is 5.82 Å². The van der Waals surface area contributed by atoms with E-state index in [-0.39, 0.29) is 30.1 Å². The topological polar surface area (TPSA) is 108 Å². The monoisotopic (exact) mass is 542 g/mol. The number of rotatable bonds is 6. The molecule has 4 aliphatic rings. The lowest BCUT2D eigenvalue weighted by Crippen LogP contribution is -2.61. The molecule has 4 fully saturated rings. The normalized spacial score (nSPS) is 35.8. The van der Waals surface area contributed by atoms with Gasteiger partial charge in [0.05, 0.1) is 17.2 Å². The molecule has 4 bridgehead atoms. The Balaban J connectivity index is 1.31. The van der Waals surface area contributed by atoms with Gasteiger partial charge in [-0.25, -0.2) is 4.98 Å². The van der Waals surface area contributed by atoms with E-state index in [4.69, 9.17) is 0 Å². The molecule has 2 saturated heterocycles. The Morgan fingerprint density at radius 2 is 1.74 bits per heavy atom. The molecular formula is C29H43N4O4P. The molecule has 9 heteroatoms. The molecule has 0 spiro atoms. The van der Waals surface area contributed by atoms with Crippen molar-refractivity contribution in [2.24, 2.45) is 23.7 Å². The fourth-order valence-electron chi connectivity index (χ4n) is 8.50. The highest BCUT2D eigenvalue weighted by Crippen LogP contribution is 2.50. The highest BCUT2D eigenvalue weighted by atomic mass is 31.2. The first-order valence-corrected chi connectivity index (χ1v) is 16.5. The maximum atomic E-state index is 13.8. The Labute approximate surface area is 225 Å². The number of para-hydroxylation sites is 2. The van der Waals surface area contributed by atoms with Crippen molar-refractivity contribution in [3.8, 4) is 0 Å². The molecule has 0 amide bonds. The first-order chi connectivity index (χ1) is 18.2. The largest absolute Gasteiger partial charge is 0.365 e. The van der Waals surface area contributed by atoms with Crippen molar-refractivity contribution >= 4 is 24.4 Å². The summed E-state index contributed by atoms with van der Waals surface area (Å²) >= 11 is 0. The second-order valence-electron chi connectivity index (χ2n) is 12.8. The van der Waals surface area contributed by atoms with Crippen molar-refractivity contribution in [1.29, 1.82) is 0 Å². The van der Waals surface area contributed by atoms with Gasteiger partial charge in [-0.3, -0.25) is 14.3 Å². The van der Waals surface area contributed by atoms with Gasteiger partial charge in [0.2, 0.25) is 0 Å². The van der Waals surface area contributed by atoms with Gasteiger partial charge in [0.1, 0.15) is 0 Å². The second kappa shape index (κ2) is 10.3. The summed E-state index contributed by atoms with van der Waals surface area (Å²) in [5, 5.41) is 2.94. The highest BCUT2D eigenvalue weighted by molar-refractivity contribution is 7.51. The summed E-state index contributed by atoms with van der Waals surface area (Å²) in [6.07, 6.45) is 11.0. The van der Waals surface area contributed by atoms with Crippen LogP contribution in [-0.2, 0) is 4.57 Å². The standard InChI is InChI=1S/C29H43N4O4P/c1-18-7-9-20-13-21(18)15-23(14-20)32-22-10-8-19(2)27(32)17-24(16-22)33-26-6-4-3-5-25(26)31-28(29(33)34)30-11-12-38(35,36)37/h3-6,18-24,27H,7-17H2,1-2H3,(H,30,31)(H2,35,36,37)/t18?,19?,20-,21?,22+,23+,24-,27?/m0/s1. The lowest BCUT2D eigenvalue weighted by atomic mass is 9.64. The Morgan fingerprint density at radius 3 is 2.55 bits per heavy atom. The average Bonchev–Trinajstić information content (AvgIpc) is 2.88. The summed E-state index contributed by atoms with van der Waals surface area (Å²) in [6.45, 7) is 4.88.